The smallest absolute Gasteiger partial charge is 0.405 e. The number of halogens is 4. The van der Waals surface area contributed by atoms with E-state index in [1.165, 1.54) is 0 Å². The van der Waals surface area contributed by atoms with E-state index in [0.717, 1.165) is 4.57 Å². The first kappa shape index (κ1) is 25.6. The highest BCUT2D eigenvalue weighted by Gasteiger charge is 2.29. The predicted octanol–water partition coefficient (Wildman–Crippen LogP) is 3.98. The zero-order valence-corrected chi connectivity index (χ0v) is 19.6. The summed E-state index contributed by atoms with van der Waals surface area (Å²) in [7, 11) is 0. The molecule has 9 nitrogen and oxygen atoms in total. The fourth-order valence-electron chi connectivity index (χ4n) is 3.09. The van der Waals surface area contributed by atoms with Crippen LogP contribution >= 0.6 is 11.6 Å². The van der Waals surface area contributed by atoms with Crippen molar-refractivity contribution in [2.24, 2.45) is 4.99 Å². The fraction of sp³-hybridized carbons (Fsp3) is 0.125. The van der Waals surface area contributed by atoms with Gasteiger partial charge < -0.3 is 10.1 Å². The Hall–Kier alpha value is -4.45. The molecule has 0 aliphatic heterocycles. The van der Waals surface area contributed by atoms with Gasteiger partial charge in [-0.05, 0) is 48.0 Å². The number of amides is 1. The zero-order valence-electron chi connectivity index (χ0n) is 18.9. The van der Waals surface area contributed by atoms with E-state index >= 15 is 0 Å². The molecule has 2 N–H and O–H groups in total. The second-order valence-corrected chi connectivity index (χ2v) is 8.02. The number of rotatable bonds is 7. The van der Waals surface area contributed by atoms with Gasteiger partial charge in [0.25, 0.3) is 11.5 Å². The number of nitrogens with one attached hydrogen (secondary N) is 2. The van der Waals surface area contributed by atoms with Gasteiger partial charge in [-0.2, -0.15) is 18.3 Å². The SMILES string of the molecule is O=C(NCC(F)(F)F)c1n[nH]/c(=N\c2ccc(Oc3ccccn3)cc2)n(Cc2ccc(Cl)cc2)c1=O. The number of hydrogen-bond acceptors (Lipinski definition) is 6. The summed E-state index contributed by atoms with van der Waals surface area (Å²) in [4.78, 5) is 33.8. The lowest BCUT2D eigenvalue weighted by Gasteiger charge is -2.10. The molecule has 0 bridgehead atoms. The van der Waals surface area contributed by atoms with Crippen LogP contribution in [0.15, 0.2) is 82.7 Å². The standard InChI is InChI=1S/C24H18ClF3N6O3/c25-16-6-4-15(5-7-16)13-34-22(36)20(21(35)30-14-24(26,27)28)32-33-23(34)31-17-8-10-18(11-9-17)37-19-3-1-2-12-29-19/h1-12H,13-14H2,(H,30,35)(H,31,33). The van der Waals surface area contributed by atoms with Crippen LogP contribution in [0.25, 0.3) is 0 Å². The Kier molecular flexibility index (Phi) is 7.68. The molecule has 190 valence electrons. The van der Waals surface area contributed by atoms with Crippen molar-refractivity contribution in [1.82, 2.24) is 25.1 Å². The Morgan fingerprint density at radius 3 is 2.46 bits per heavy atom. The highest BCUT2D eigenvalue weighted by molar-refractivity contribution is 6.30. The van der Waals surface area contributed by atoms with Gasteiger partial charge in [-0.25, -0.2) is 15.1 Å². The summed E-state index contributed by atoms with van der Waals surface area (Å²) in [5, 5.41) is 8.30. The minimum atomic E-state index is -4.65. The third-order valence-electron chi connectivity index (χ3n) is 4.82. The topological polar surface area (TPSA) is 114 Å². The number of alkyl halides is 3. The second-order valence-electron chi connectivity index (χ2n) is 7.59. The maximum absolute atomic E-state index is 13.1. The summed E-state index contributed by atoms with van der Waals surface area (Å²) in [6.45, 7) is -1.67. The molecule has 2 aromatic carbocycles. The van der Waals surface area contributed by atoms with E-state index in [4.69, 9.17) is 16.3 Å². The second kappa shape index (κ2) is 11.1. The van der Waals surface area contributed by atoms with Crippen molar-refractivity contribution >= 4 is 23.2 Å². The highest BCUT2D eigenvalue weighted by atomic mass is 35.5. The fourth-order valence-corrected chi connectivity index (χ4v) is 3.22. The predicted molar refractivity (Wildman–Crippen MR) is 128 cm³/mol. The first-order chi connectivity index (χ1) is 17.7. The van der Waals surface area contributed by atoms with Gasteiger partial charge in [-0.3, -0.25) is 14.2 Å². The first-order valence-corrected chi connectivity index (χ1v) is 11.1. The van der Waals surface area contributed by atoms with Crippen LogP contribution in [0.5, 0.6) is 11.6 Å². The average Bonchev–Trinajstić information content (AvgIpc) is 2.87. The monoisotopic (exact) mass is 530 g/mol. The number of carbonyl (C=O) groups is 1. The van der Waals surface area contributed by atoms with Crippen molar-refractivity contribution in [2.75, 3.05) is 6.54 Å². The Morgan fingerprint density at radius 1 is 1.08 bits per heavy atom. The molecular weight excluding hydrogens is 513 g/mol. The number of ether oxygens (including phenoxy) is 1. The first-order valence-electron chi connectivity index (χ1n) is 10.7. The van der Waals surface area contributed by atoms with Crippen LogP contribution in [0.3, 0.4) is 0 Å². The molecule has 2 heterocycles. The summed E-state index contributed by atoms with van der Waals surface area (Å²) < 4.78 is 44.3. The summed E-state index contributed by atoms with van der Waals surface area (Å²) >= 11 is 5.92. The minimum absolute atomic E-state index is 0.0364. The quantitative estimate of drug-likeness (QED) is 0.375. The molecule has 1 amide bonds. The maximum atomic E-state index is 13.1. The molecular formula is C24H18ClF3N6O3. The molecule has 0 saturated heterocycles. The van der Waals surface area contributed by atoms with Crippen molar-refractivity contribution in [2.45, 2.75) is 12.7 Å². The lowest BCUT2D eigenvalue weighted by molar-refractivity contribution is -0.123. The molecule has 0 saturated carbocycles. The summed E-state index contributed by atoms with van der Waals surface area (Å²) in [6.07, 6.45) is -3.06. The molecule has 0 aliphatic carbocycles. The van der Waals surface area contributed by atoms with E-state index < -0.39 is 29.9 Å². The maximum Gasteiger partial charge on any atom is 0.405 e. The van der Waals surface area contributed by atoms with E-state index in [2.05, 4.69) is 20.2 Å². The van der Waals surface area contributed by atoms with Gasteiger partial charge in [0, 0.05) is 17.3 Å². The summed E-state index contributed by atoms with van der Waals surface area (Å²) in [5.74, 6) is -0.373. The zero-order chi connectivity index (χ0) is 26.4. The normalized spacial score (nSPS) is 11.8. The Morgan fingerprint density at radius 2 is 1.81 bits per heavy atom. The van der Waals surface area contributed by atoms with E-state index in [9.17, 15) is 22.8 Å². The van der Waals surface area contributed by atoms with Crippen LogP contribution in [0, 0.1) is 0 Å². The van der Waals surface area contributed by atoms with E-state index in [1.54, 1.807) is 78.2 Å². The van der Waals surface area contributed by atoms with Crippen molar-refractivity contribution in [1.29, 1.82) is 0 Å². The number of hydrogen-bond donors (Lipinski definition) is 2. The molecule has 4 aromatic rings. The summed E-state index contributed by atoms with van der Waals surface area (Å²) in [6, 6.07) is 18.3. The number of benzene rings is 2. The molecule has 4 rings (SSSR count). The third kappa shape index (κ3) is 7.04. The van der Waals surface area contributed by atoms with Crippen LogP contribution in [0.4, 0.5) is 18.9 Å². The molecule has 13 heteroatoms. The van der Waals surface area contributed by atoms with Crippen LogP contribution in [-0.2, 0) is 6.54 Å². The number of carbonyl (C=O) groups excluding carboxylic acids is 1. The highest BCUT2D eigenvalue weighted by Crippen LogP contribution is 2.22. The molecule has 0 spiro atoms. The molecule has 37 heavy (non-hydrogen) atoms. The van der Waals surface area contributed by atoms with E-state index in [0.29, 0.717) is 27.9 Å². The Labute approximate surface area is 212 Å². The van der Waals surface area contributed by atoms with Crippen LogP contribution in [0.2, 0.25) is 5.02 Å². The average molecular weight is 531 g/mol. The van der Waals surface area contributed by atoms with Gasteiger partial charge in [0.1, 0.15) is 12.3 Å². The van der Waals surface area contributed by atoms with Crippen LogP contribution < -0.4 is 21.2 Å². The van der Waals surface area contributed by atoms with Gasteiger partial charge in [0.05, 0.1) is 12.2 Å². The van der Waals surface area contributed by atoms with Crippen molar-refractivity contribution in [3.8, 4) is 11.6 Å². The third-order valence-corrected chi connectivity index (χ3v) is 5.07. The van der Waals surface area contributed by atoms with E-state index in [1.807, 2.05) is 0 Å². The van der Waals surface area contributed by atoms with E-state index in [-0.39, 0.29) is 12.2 Å². The Bertz CT molecular complexity index is 1500. The number of aromatic amines is 1. The number of aromatic nitrogens is 4. The van der Waals surface area contributed by atoms with Crippen LogP contribution in [-0.4, -0.2) is 38.4 Å². The Balaban J connectivity index is 1.68. The van der Waals surface area contributed by atoms with Crippen molar-refractivity contribution < 1.29 is 22.7 Å². The minimum Gasteiger partial charge on any atom is -0.439 e. The van der Waals surface area contributed by atoms with Crippen molar-refractivity contribution in [3.05, 3.63) is 105 Å². The molecule has 0 unspecified atom stereocenters. The lowest BCUT2D eigenvalue weighted by atomic mass is 10.2. The summed E-state index contributed by atoms with van der Waals surface area (Å²) in [5.41, 5.74) is -0.669. The van der Waals surface area contributed by atoms with Gasteiger partial charge in [0.15, 0.2) is 0 Å². The van der Waals surface area contributed by atoms with Gasteiger partial charge in [-0.15, -0.1) is 0 Å². The molecule has 0 atom stereocenters. The van der Waals surface area contributed by atoms with Crippen LogP contribution in [0.1, 0.15) is 16.1 Å². The molecule has 2 aromatic heterocycles. The van der Waals surface area contributed by atoms with Gasteiger partial charge in [-0.1, -0.05) is 29.8 Å². The van der Waals surface area contributed by atoms with Crippen molar-refractivity contribution in [3.63, 3.8) is 0 Å². The molecule has 0 aliphatic rings. The largest absolute Gasteiger partial charge is 0.439 e. The number of pyridine rings is 1. The van der Waals surface area contributed by atoms with Gasteiger partial charge >= 0.3 is 6.18 Å². The lowest BCUT2D eigenvalue weighted by Crippen LogP contribution is -2.44. The number of nitrogens with zero attached hydrogens (tertiary/aromatic N) is 4. The number of H-pyrrole nitrogens is 1. The molecule has 0 radical (unpaired) electrons. The van der Waals surface area contributed by atoms with Gasteiger partial charge in [0.2, 0.25) is 17.2 Å². The molecule has 0 fully saturated rings.